The molecule has 0 unspecified atom stereocenters. The van der Waals surface area contributed by atoms with Crippen molar-refractivity contribution in [2.24, 2.45) is 16.8 Å². The van der Waals surface area contributed by atoms with Gasteiger partial charge in [0, 0.05) is 24.2 Å². The van der Waals surface area contributed by atoms with Gasteiger partial charge in [0.05, 0.1) is 21.2 Å². The molecule has 1 aromatic heterocycles. The summed E-state index contributed by atoms with van der Waals surface area (Å²) in [6, 6.07) is 12.0. The van der Waals surface area contributed by atoms with E-state index in [0.717, 1.165) is 59.5 Å². The zero-order chi connectivity index (χ0) is 20.5. The number of hydrazine groups is 1. The lowest BCUT2D eigenvalue weighted by molar-refractivity contribution is 0.578. The molecule has 3 aromatic rings. The molecule has 0 aliphatic carbocycles. The topological polar surface area (TPSA) is 84.6 Å². The highest BCUT2D eigenvalue weighted by atomic mass is 35.5. The van der Waals surface area contributed by atoms with Gasteiger partial charge in [0.25, 0.3) is 0 Å². The Morgan fingerprint density at radius 3 is 2.45 bits per heavy atom. The van der Waals surface area contributed by atoms with Gasteiger partial charge in [-0.15, -0.1) is 0 Å². The minimum absolute atomic E-state index is 0.399. The molecular formula is C21H24Cl2N6. The summed E-state index contributed by atoms with van der Waals surface area (Å²) in [7, 11) is 0. The van der Waals surface area contributed by atoms with Crippen LogP contribution in [-0.4, -0.2) is 23.5 Å². The predicted octanol–water partition coefficient (Wildman–Crippen LogP) is 4.32. The van der Waals surface area contributed by atoms with E-state index in [1.807, 2.05) is 24.3 Å². The molecule has 1 fully saturated rings. The average Bonchev–Trinajstić information content (AvgIpc) is 3.04. The van der Waals surface area contributed by atoms with Crippen molar-refractivity contribution in [3.8, 4) is 5.69 Å². The fourth-order valence-electron chi connectivity index (χ4n) is 4.12. The number of halogens is 2. The van der Waals surface area contributed by atoms with Gasteiger partial charge in [-0.2, -0.15) is 5.10 Å². The van der Waals surface area contributed by atoms with E-state index in [0.29, 0.717) is 15.9 Å². The van der Waals surface area contributed by atoms with Crippen LogP contribution in [0.15, 0.2) is 41.5 Å². The Hall–Kier alpha value is -2.41. The molecular weight excluding hydrogens is 407 g/mol. The number of benzene rings is 2. The Morgan fingerprint density at radius 1 is 1.07 bits per heavy atom. The molecule has 6 nitrogen and oxygen atoms in total. The van der Waals surface area contributed by atoms with Gasteiger partial charge in [-0.05, 0) is 56.0 Å². The van der Waals surface area contributed by atoms with E-state index >= 15 is 0 Å². The average molecular weight is 431 g/mol. The Labute approximate surface area is 180 Å². The number of aromatic nitrogens is 1. The third kappa shape index (κ3) is 3.52. The van der Waals surface area contributed by atoms with E-state index in [-0.39, 0.29) is 0 Å². The van der Waals surface area contributed by atoms with Gasteiger partial charge >= 0.3 is 0 Å². The molecule has 0 amide bonds. The largest absolute Gasteiger partial charge is 0.369 e. The highest BCUT2D eigenvalue weighted by Gasteiger charge is 2.28. The second-order valence-electron chi connectivity index (χ2n) is 7.32. The third-order valence-electron chi connectivity index (χ3n) is 5.40. The summed E-state index contributed by atoms with van der Waals surface area (Å²) in [6.45, 7) is 3.95. The van der Waals surface area contributed by atoms with E-state index in [2.05, 4.69) is 39.1 Å². The molecule has 1 saturated heterocycles. The van der Waals surface area contributed by atoms with Crippen molar-refractivity contribution in [3.05, 3.63) is 57.7 Å². The van der Waals surface area contributed by atoms with Gasteiger partial charge in [-0.3, -0.25) is 0 Å². The van der Waals surface area contributed by atoms with E-state index in [1.54, 1.807) is 0 Å². The van der Waals surface area contributed by atoms with Gasteiger partial charge in [-0.25, -0.2) is 5.84 Å². The van der Waals surface area contributed by atoms with Crippen LogP contribution in [0.5, 0.6) is 0 Å². The molecule has 0 radical (unpaired) electrons. The number of hydrogen-bond acceptors (Lipinski definition) is 4. The number of aryl methyl sites for hydroxylation is 1. The normalized spacial score (nSPS) is 15.2. The lowest BCUT2D eigenvalue weighted by Gasteiger charge is -2.30. The van der Waals surface area contributed by atoms with E-state index in [4.69, 9.17) is 34.9 Å². The minimum Gasteiger partial charge on any atom is -0.369 e. The van der Waals surface area contributed by atoms with Crippen molar-refractivity contribution in [2.45, 2.75) is 26.2 Å². The van der Waals surface area contributed by atoms with Crippen molar-refractivity contribution in [2.75, 3.05) is 18.0 Å². The summed E-state index contributed by atoms with van der Waals surface area (Å²) in [4.78, 5) is 2.36. The zero-order valence-corrected chi connectivity index (χ0v) is 17.8. The maximum absolute atomic E-state index is 6.42. The van der Waals surface area contributed by atoms with Crippen LogP contribution in [0.3, 0.4) is 0 Å². The van der Waals surface area contributed by atoms with Crippen LogP contribution in [0.1, 0.15) is 30.5 Å². The smallest absolute Gasteiger partial charge is 0.186 e. The number of nitrogens with one attached hydrogen (secondary N) is 1. The molecule has 2 aromatic carbocycles. The van der Waals surface area contributed by atoms with E-state index < -0.39 is 0 Å². The Bertz CT molecular complexity index is 1080. The van der Waals surface area contributed by atoms with E-state index in [9.17, 15) is 0 Å². The number of piperidine rings is 1. The first kappa shape index (κ1) is 19.9. The number of fused-ring (bicyclic) bond motifs is 1. The number of hydrazone groups is 1. The lowest BCUT2D eigenvalue weighted by atomic mass is 10.1. The van der Waals surface area contributed by atoms with Gasteiger partial charge in [-0.1, -0.05) is 35.3 Å². The fraction of sp³-hybridized carbons (Fsp3) is 0.286. The first-order valence-electron chi connectivity index (χ1n) is 9.65. The van der Waals surface area contributed by atoms with Crippen LogP contribution in [-0.2, 0) is 0 Å². The van der Waals surface area contributed by atoms with Crippen molar-refractivity contribution < 1.29 is 0 Å². The monoisotopic (exact) mass is 430 g/mol. The summed E-state index contributed by atoms with van der Waals surface area (Å²) < 4.78 is 2.10. The number of amidine groups is 1. The molecule has 5 N–H and O–H groups in total. The van der Waals surface area contributed by atoms with Crippen LogP contribution in [0.4, 0.5) is 5.69 Å². The summed E-state index contributed by atoms with van der Waals surface area (Å²) in [5, 5.41) is 5.95. The zero-order valence-electron chi connectivity index (χ0n) is 16.3. The van der Waals surface area contributed by atoms with Crippen LogP contribution < -0.4 is 22.0 Å². The number of nitrogens with zero attached hydrogens (tertiary/aromatic N) is 3. The predicted molar refractivity (Wildman–Crippen MR) is 122 cm³/mol. The summed E-state index contributed by atoms with van der Waals surface area (Å²) in [5.74, 6) is 12.0. The second-order valence-corrected chi connectivity index (χ2v) is 8.14. The number of hydrogen-bond donors (Lipinski definition) is 3. The molecule has 0 spiro atoms. The third-order valence-corrected chi connectivity index (χ3v) is 6.13. The summed E-state index contributed by atoms with van der Waals surface area (Å²) in [5.41, 5.74) is 7.53. The Morgan fingerprint density at radius 2 is 1.79 bits per heavy atom. The molecule has 1 aliphatic heterocycles. The molecule has 0 atom stereocenters. The van der Waals surface area contributed by atoms with Gasteiger partial charge in [0.15, 0.2) is 5.84 Å². The van der Waals surface area contributed by atoms with Crippen molar-refractivity contribution in [1.29, 1.82) is 0 Å². The molecule has 2 heterocycles. The number of anilines is 1. The molecule has 1 aliphatic rings. The van der Waals surface area contributed by atoms with Gasteiger partial charge in [0.2, 0.25) is 0 Å². The molecule has 0 bridgehead atoms. The van der Waals surface area contributed by atoms with Crippen LogP contribution in [0.25, 0.3) is 16.6 Å². The molecule has 0 saturated carbocycles. The maximum atomic E-state index is 6.42. The first-order valence-corrected chi connectivity index (χ1v) is 10.4. The summed E-state index contributed by atoms with van der Waals surface area (Å²) >= 11 is 12.8. The van der Waals surface area contributed by atoms with Crippen molar-refractivity contribution in [1.82, 2.24) is 9.99 Å². The lowest BCUT2D eigenvalue weighted by Crippen LogP contribution is -2.37. The van der Waals surface area contributed by atoms with Crippen molar-refractivity contribution in [3.63, 3.8) is 0 Å². The molecule has 4 rings (SSSR count). The Kier molecular flexibility index (Phi) is 5.58. The minimum atomic E-state index is 0.399. The van der Waals surface area contributed by atoms with Crippen LogP contribution in [0.2, 0.25) is 10.0 Å². The number of nitrogens with two attached hydrogens (primary N) is 2. The molecule has 152 valence electrons. The summed E-state index contributed by atoms with van der Waals surface area (Å²) in [6.07, 6.45) is 3.48. The molecule has 8 heteroatoms. The SMILES string of the molecule is Cc1cccc(-n2c(/C(=N/N)NN)c(N3CCCCC3)c3cc(Cl)c(Cl)cc32)c1. The molecule has 29 heavy (non-hydrogen) atoms. The van der Waals surface area contributed by atoms with Crippen molar-refractivity contribution >= 4 is 45.6 Å². The standard InChI is InChI=1S/C21H24Cl2N6/c1-13-6-5-7-14(10-13)29-18-12-17(23)16(22)11-15(18)19(20(29)21(26-24)27-25)28-8-3-2-4-9-28/h5-7,10-12H,2-4,8-9,24-25H2,1H3,(H,26,27). The van der Waals surface area contributed by atoms with Crippen LogP contribution in [0, 0.1) is 6.92 Å². The number of rotatable bonds is 3. The first-order chi connectivity index (χ1) is 14.0. The van der Waals surface area contributed by atoms with Crippen LogP contribution >= 0.6 is 23.2 Å². The quantitative estimate of drug-likeness (QED) is 0.250. The maximum Gasteiger partial charge on any atom is 0.186 e. The Balaban J connectivity index is 2.13. The fourth-order valence-corrected chi connectivity index (χ4v) is 4.44. The second kappa shape index (κ2) is 8.14. The highest BCUT2D eigenvalue weighted by Crippen LogP contribution is 2.41. The van der Waals surface area contributed by atoms with Gasteiger partial charge in [0.1, 0.15) is 5.69 Å². The van der Waals surface area contributed by atoms with Gasteiger partial charge < -0.3 is 20.7 Å². The highest BCUT2D eigenvalue weighted by molar-refractivity contribution is 6.43. The van der Waals surface area contributed by atoms with E-state index in [1.165, 1.54) is 6.42 Å².